The van der Waals surface area contributed by atoms with Crippen LogP contribution in [0.15, 0.2) is 51.5 Å². The van der Waals surface area contributed by atoms with Crippen LogP contribution >= 0.6 is 0 Å². The summed E-state index contributed by atoms with van der Waals surface area (Å²) in [7, 11) is -3.79. The number of hydrogen-bond donors (Lipinski definition) is 9. The fraction of sp³-hybridized carbons (Fsp3) is 0.516. The number of aliphatic imine (C=N–C) groups is 2. The maximum Gasteiger partial charge on any atom is 0.243 e. The second-order valence-electron chi connectivity index (χ2n) is 12.0. The molecule has 0 aliphatic carbocycles. The van der Waals surface area contributed by atoms with Crippen molar-refractivity contribution >= 4 is 56.3 Å². The molecule has 19 nitrogen and oxygen atoms in total. The number of hydrogen-bond acceptors (Lipinski definition) is 10. The van der Waals surface area contributed by atoms with Gasteiger partial charge in [-0.2, -0.15) is 0 Å². The number of primary amides is 1. The fourth-order valence-electron chi connectivity index (χ4n) is 5.50. The van der Waals surface area contributed by atoms with Crippen molar-refractivity contribution in [2.75, 3.05) is 45.8 Å². The normalized spacial score (nSPS) is 14.6. The average Bonchev–Trinajstić information content (AvgIpc) is 3.09. The molecule has 20 heteroatoms. The van der Waals surface area contributed by atoms with Crippen molar-refractivity contribution in [3.63, 3.8) is 0 Å². The first-order chi connectivity index (χ1) is 24.3. The van der Waals surface area contributed by atoms with Crippen LogP contribution in [0.1, 0.15) is 38.5 Å². The third-order valence-electron chi connectivity index (χ3n) is 8.20. The molecule has 2 heterocycles. The van der Waals surface area contributed by atoms with Gasteiger partial charge in [-0.05, 0) is 50.7 Å². The minimum atomic E-state index is -3.79. The van der Waals surface area contributed by atoms with Crippen molar-refractivity contribution < 1.29 is 27.6 Å². The summed E-state index contributed by atoms with van der Waals surface area (Å²) >= 11 is 0. The molecule has 3 rings (SSSR count). The van der Waals surface area contributed by atoms with Gasteiger partial charge in [0.1, 0.15) is 12.1 Å². The van der Waals surface area contributed by atoms with Crippen molar-refractivity contribution in [1.82, 2.24) is 30.6 Å². The molecule has 1 fully saturated rings. The number of fused-ring (bicyclic) bond motifs is 1. The van der Waals surface area contributed by atoms with Crippen LogP contribution in [0.25, 0.3) is 10.8 Å². The first-order valence-electron chi connectivity index (χ1n) is 16.6. The quantitative estimate of drug-likeness (QED) is 0.0372. The number of nitrogens with two attached hydrogens (primary N) is 5. The van der Waals surface area contributed by atoms with Gasteiger partial charge < -0.3 is 49.5 Å². The standard InChI is InChI=1S/C31H49N13O6S/c32-27(46)23(5-2-11-39-30(33)34)42-29(48)24(6-3-12-40-31(35)36)43-28(47)20-9-16-44(17-10-20)26(45)19-38-14-15-41-51(49,50)25-7-1-4-21-18-37-13-8-22(21)25/h1,4,7-8,13,18,20,23-24,38,41H,2-3,5-6,9-12,14-17,19H2,(H2,32,46)(H,42,48)(H,43,47)(H4,33,34,39)(H4,35,36,40)/t23-,24-/m1/s1. The van der Waals surface area contributed by atoms with Crippen molar-refractivity contribution in [1.29, 1.82) is 0 Å². The number of carbonyl (C=O) groups excluding carboxylic acids is 4. The van der Waals surface area contributed by atoms with Crippen LogP contribution in [0.3, 0.4) is 0 Å². The minimum absolute atomic E-state index is 0.0104. The zero-order valence-corrected chi connectivity index (χ0v) is 29.2. The van der Waals surface area contributed by atoms with E-state index in [2.05, 4.69) is 35.6 Å². The molecular weight excluding hydrogens is 682 g/mol. The van der Waals surface area contributed by atoms with E-state index in [4.69, 9.17) is 28.7 Å². The number of likely N-dealkylation sites (tertiary alicyclic amines) is 1. The highest BCUT2D eigenvalue weighted by Crippen LogP contribution is 2.22. The van der Waals surface area contributed by atoms with E-state index in [-0.39, 0.29) is 74.2 Å². The SMILES string of the molecule is NC(=O)[C@@H](CCCN=C(N)N)NC(=O)[C@@H](CCCN=C(N)N)NC(=O)C1CCN(C(=O)CNCCNS(=O)(=O)c2cccc3cnccc23)CC1. The molecule has 0 unspecified atom stereocenters. The molecule has 0 radical (unpaired) electrons. The van der Waals surface area contributed by atoms with Crippen LogP contribution < -0.4 is 49.3 Å². The highest BCUT2D eigenvalue weighted by atomic mass is 32.2. The number of piperidine rings is 1. The highest BCUT2D eigenvalue weighted by Gasteiger charge is 2.31. The van der Waals surface area contributed by atoms with Crippen LogP contribution in [-0.2, 0) is 29.2 Å². The molecule has 1 aromatic carbocycles. The van der Waals surface area contributed by atoms with Gasteiger partial charge in [-0.3, -0.25) is 34.1 Å². The number of carbonyl (C=O) groups is 4. The molecule has 1 aliphatic heterocycles. The Morgan fingerprint density at radius 2 is 1.53 bits per heavy atom. The van der Waals surface area contributed by atoms with Crippen LogP contribution in [0.2, 0.25) is 0 Å². The molecule has 1 aromatic heterocycles. The number of guanidine groups is 2. The lowest BCUT2D eigenvalue weighted by Gasteiger charge is -2.32. The first-order valence-corrected chi connectivity index (χ1v) is 18.1. The molecule has 0 saturated carbocycles. The van der Waals surface area contributed by atoms with E-state index in [1.807, 2.05) is 0 Å². The number of sulfonamides is 1. The predicted octanol–water partition coefficient (Wildman–Crippen LogP) is -3.10. The molecule has 0 bridgehead atoms. The van der Waals surface area contributed by atoms with Crippen LogP contribution in [0, 0.1) is 5.92 Å². The van der Waals surface area contributed by atoms with E-state index in [9.17, 15) is 27.6 Å². The molecule has 0 spiro atoms. The van der Waals surface area contributed by atoms with Gasteiger partial charge in [-0.15, -0.1) is 0 Å². The lowest BCUT2D eigenvalue weighted by atomic mass is 9.95. The van der Waals surface area contributed by atoms with Gasteiger partial charge >= 0.3 is 0 Å². The molecule has 51 heavy (non-hydrogen) atoms. The van der Waals surface area contributed by atoms with Gasteiger partial charge in [0.05, 0.1) is 11.4 Å². The van der Waals surface area contributed by atoms with Gasteiger partial charge in [-0.1, -0.05) is 12.1 Å². The molecule has 2 aromatic rings. The summed E-state index contributed by atoms with van der Waals surface area (Å²) in [5.41, 5.74) is 26.9. The number of benzene rings is 1. The number of rotatable bonds is 20. The molecule has 280 valence electrons. The van der Waals surface area contributed by atoms with Crippen molar-refractivity contribution in [2.24, 2.45) is 44.6 Å². The Bertz CT molecular complexity index is 1670. The summed E-state index contributed by atoms with van der Waals surface area (Å²) in [6.45, 7) is 1.38. The van der Waals surface area contributed by atoms with Crippen LogP contribution in [0.4, 0.5) is 0 Å². The molecule has 4 amide bonds. The molecule has 2 atom stereocenters. The third-order valence-corrected chi connectivity index (χ3v) is 9.72. The number of amides is 4. The van der Waals surface area contributed by atoms with Crippen molar-refractivity contribution in [2.45, 2.75) is 55.5 Å². The lowest BCUT2D eigenvalue weighted by molar-refractivity contribution is -0.136. The maximum atomic E-state index is 13.3. The Balaban J connectivity index is 1.46. The van der Waals surface area contributed by atoms with Gasteiger partial charge in [0.2, 0.25) is 33.7 Å². The summed E-state index contributed by atoms with van der Waals surface area (Å²) in [6, 6.07) is 4.60. The molecular formula is C31H49N13O6S. The number of nitrogens with zero attached hydrogens (tertiary/aromatic N) is 4. The first kappa shape index (κ1) is 40.4. The number of aromatic nitrogens is 1. The van der Waals surface area contributed by atoms with Gasteiger partial charge in [0.25, 0.3) is 0 Å². The highest BCUT2D eigenvalue weighted by molar-refractivity contribution is 7.89. The summed E-state index contributed by atoms with van der Waals surface area (Å²) in [6.07, 6.45) is 4.98. The van der Waals surface area contributed by atoms with Crippen LogP contribution in [-0.4, -0.2) is 112 Å². The summed E-state index contributed by atoms with van der Waals surface area (Å²) in [4.78, 5) is 64.9. The summed E-state index contributed by atoms with van der Waals surface area (Å²) in [5, 5.41) is 9.63. The Morgan fingerprint density at radius 3 is 2.16 bits per heavy atom. The zero-order valence-electron chi connectivity index (χ0n) is 28.4. The smallest absolute Gasteiger partial charge is 0.243 e. The second-order valence-corrected chi connectivity index (χ2v) is 13.7. The number of nitrogens with one attached hydrogen (secondary N) is 4. The monoisotopic (exact) mass is 731 g/mol. The molecule has 1 saturated heterocycles. The van der Waals surface area contributed by atoms with E-state index in [1.54, 1.807) is 29.3 Å². The van der Waals surface area contributed by atoms with Gasteiger partial charge in [0.15, 0.2) is 11.9 Å². The van der Waals surface area contributed by atoms with Crippen molar-refractivity contribution in [3.8, 4) is 0 Å². The van der Waals surface area contributed by atoms with E-state index >= 15 is 0 Å². The Hall–Kier alpha value is -5.08. The zero-order chi connectivity index (χ0) is 37.4. The average molecular weight is 732 g/mol. The number of pyridine rings is 1. The Kier molecular flexibility index (Phi) is 15.8. The summed E-state index contributed by atoms with van der Waals surface area (Å²) in [5.74, 6) is -2.54. The minimum Gasteiger partial charge on any atom is -0.370 e. The van der Waals surface area contributed by atoms with E-state index < -0.39 is 39.8 Å². The van der Waals surface area contributed by atoms with Crippen LogP contribution in [0.5, 0.6) is 0 Å². The fourth-order valence-corrected chi connectivity index (χ4v) is 6.76. The van der Waals surface area contributed by atoms with E-state index in [0.717, 1.165) is 0 Å². The van der Waals surface area contributed by atoms with E-state index in [0.29, 0.717) is 49.5 Å². The maximum absolute atomic E-state index is 13.3. The predicted molar refractivity (Wildman–Crippen MR) is 192 cm³/mol. The van der Waals surface area contributed by atoms with Crippen molar-refractivity contribution in [3.05, 3.63) is 36.7 Å². The molecule has 1 aliphatic rings. The van der Waals surface area contributed by atoms with Gasteiger partial charge in [0, 0.05) is 68.4 Å². The Morgan fingerprint density at radius 1 is 0.882 bits per heavy atom. The Labute approximate surface area is 296 Å². The topological polar surface area (TPSA) is 321 Å². The van der Waals surface area contributed by atoms with E-state index in [1.165, 1.54) is 12.3 Å². The molecule has 14 N–H and O–H groups in total. The summed E-state index contributed by atoms with van der Waals surface area (Å²) < 4.78 is 28.3. The lowest BCUT2D eigenvalue weighted by Crippen LogP contribution is -2.54. The second kappa shape index (κ2) is 19.9. The van der Waals surface area contributed by atoms with Gasteiger partial charge in [-0.25, -0.2) is 13.1 Å². The largest absolute Gasteiger partial charge is 0.370 e. The third kappa shape index (κ3) is 13.3.